The summed E-state index contributed by atoms with van der Waals surface area (Å²) in [6.45, 7) is 0.475. The van der Waals surface area contributed by atoms with Crippen molar-refractivity contribution in [1.29, 1.82) is 0 Å². The summed E-state index contributed by atoms with van der Waals surface area (Å²) in [6, 6.07) is 4.78. The first kappa shape index (κ1) is 17.1. The van der Waals surface area contributed by atoms with Gasteiger partial charge in [0.05, 0.1) is 22.5 Å². The molecule has 0 unspecified atom stereocenters. The van der Waals surface area contributed by atoms with Gasteiger partial charge in [-0.25, -0.2) is 4.98 Å². The van der Waals surface area contributed by atoms with Crippen LogP contribution in [-0.2, 0) is 0 Å². The number of H-pyrrole nitrogens is 1. The lowest BCUT2D eigenvalue weighted by molar-refractivity contribution is 0.0778. The highest BCUT2D eigenvalue weighted by Crippen LogP contribution is 2.28. The average Bonchev–Trinajstić information content (AvgIpc) is 2.98. The number of halogens is 2. The standard InChI is InChI=1S/C15H14Cl2N4O2S/c1-20-7-21(2)14(23)12-13(20)19-15(18-12)24-6-11(22)8-3-4-9(16)10(17)5-8/h3-5H,6-7H2,1-2H3,(H,18,19). The molecule has 2 heterocycles. The molecule has 3 rings (SSSR count). The third-order valence-electron chi connectivity index (χ3n) is 3.59. The fourth-order valence-corrected chi connectivity index (χ4v) is 3.42. The first-order valence-corrected chi connectivity index (χ1v) is 8.78. The topological polar surface area (TPSA) is 69.3 Å². The van der Waals surface area contributed by atoms with Crippen LogP contribution in [0.5, 0.6) is 0 Å². The van der Waals surface area contributed by atoms with E-state index < -0.39 is 0 Å². The fraction of sp³-hybridized carbons (Fsp3) is 0.267. The van der Waals surface area contributed by atoms with Crippen LogP contribution in [0.15, 0.2) is 23.4 Å². The van der Waals surface area contributed by atoms with Gasteiger partial charge >= 0.3 is 0 Å². The van der Waals surface area contributed by atoms with Crippen molar-refractivity contribution in [2.75, 3.05) is 31.4 Å². The van der Waals surface area contributed by atoms with Crippen LogP contribution in [0.1, 0.15) is 20.8 Å². The molecule has 1 aliphatic rings. The SMILES string of the molecule is CN1CN(C)c2nc(SCC(=O)c3ccc(Cl)c(Cl)c3)[nH]c2C1=O. The highest BCUT2D eigenvalue weighted by atomic mass is 35.5. The number of nitrogens with zero attached hydrogens (tertiary/aromatic N) is 3. The van der Waals surface area contributed by atoms with Gasteiger partial charge in [0.2, 0.25) is 0 Å². The number of fused-ring (bicyclic) bond motifs is 1. The molecule has 1 aromatic heterocycles. The summed E-state index contributed by atoms with van der Waals surface area (Å²) in [6.07, 6.45) is 0. The van der Waals surface area contributed by atoms with Gasteiger partial charge < -0.3 is 14.8 Å². The predicted octanol–water partition coefficient (Wildman–Crippen LogP) is 3.17. The Bertz CT molecular complexity index is 824. The molecule has 1 amide bonds. The molecular formula is C15H14Cl2N4O2S. The maximum absolute atomic E-state index is 12.3. The van der Waals surface area contributed by atoms with Crippen molar-refractivity contribution >= 4 is 52.5 Å². The normalized spacial score (nSPS) is 14.1. The van der Waals surface area contributed by atoms with E-state index >= 15 is 0 Å². The first-order chi connectivity index (χ1) is 11.4. The van der Waals surface area contributed by atoms with E-state index in [1.165, 1.54) is 11.8 Å². The number of Topliss-reactive ketones (excluding diaryl/α,β-unsaturated/α-hetero) is 1. The molecule has 24 heavy (non-hydrogen) atoms. The lowest BCUT2D eigenvalue weighted by Gasteiger charge is -2.29. The Morgan fingerprint density at radius 2 is 2.04 bits per heavy atom. The number of benzene rings is 1. The van der Waals surface area contributed by atoms with E-state index in [2.05, 4.69) is 9.97 Å². The Hall–Kier alpha value is -1.70. The van der Waals surface area contributed by atoms with Gasteiger partial charge in [0.1, 0.15) is 5.69 Å². The van der Waals surface area contributed by atoms with Crippen molar-refractivity contribution in [1.82, 2.24) is 14.9 Å². The first-order valence-electron chi connectivity index (χ1n) is 7.04. The summed E-state index contributed by atoms with van der Waals surface area (Å²) in [4.78, 5) is 35.2. The minimum Gasteiger partial charge on any atom is -0.340 e. The van der Waals surface area contributed by atoms with Crippen molar-refractivity contribution in [2.24, 2.45) is 0 Å². The van der Waals surface area contributed by atoms with Crippen LogP contribution in [0, 0.1) is 0 Å². The van der Waals surface area contributed by atoms with Gasteiger partial charge in [-0.3, -0.25) is 9.59 Å². The van der Waals surface area contributed by atoms with Crippen molar-refractivity contribution in [3.63, 3.8) is 0 Å². The number of hydrogen-bond acceptors (Lipinski definition) is 5. The number of carbonyl (C=O) groups excluding carboxylic acids is 2. The largest absolute Gasteiger partial charge is 0.340 e. The number of aromatic amines is 1. The quantitative estimate of drug-likeness (QED) is 0.647. The molecule has 2 aromatic rings. The second kappa shape index (κ2) is 6.66. The lowest BCUT2D eigenvalue weighted by atomic mass is 10.1. The third-order valence-corrected chi connectivity index (χ3v) is 5.20. The monoisotopic (exact) mass is 384 g/mol. The van der Waals surface area contributed by atoms with Crippen LogP contribution < -0.4 is 4.90 Å². The molecule has 9 heteroatoms. The molecule has 0 bridgehead atoms. The van der Waals surface area contributed by atoms with Crippen LogP contribution in [0.25, 0.3) is 0 Å². The smallest absolute Gasteiger partial charge is 0.275 e. The zero-order valence-electron chi connectivity index (χ0n) is 13.0. The predicted molar refractivity (Wildman–Crippen MR) is 95.5 cm³/mol. The Morgan fingerprint density at radius 3 is 2.75 bits per heavy atom. The number of ketones is 1. The summed E-state index contributed by atoms with van der Waals surface area (Å²) in [5.41, 5.74) is 0.928. The molecular weight excluding hydrogens is 371 g/mol. The van der Waals surface area contributed by atoms with E-state index in [-0.39, 0.29) is 17.4 Å². The van der Waals surface area contributed by atoms with Gasteiger partial charge in [-0.1, -0.05) is 35.0 Å². The van der Waals surface area contributed by atoms with Crippen LogP contribution in [-0.4, -0.2) is 53.1 Å². The number of amides is 1. The van der Waals surface area contributed by atoms with Gasteiger partial charge in [-0.05, 0) is 18.2 Å². The summed E-state index contributed by atoms with van der Waals surface area (Å²) in [7, 11) is 3.58. The maximum atomic E-state index is 12.3. The summed E-state index contributed by atoms with van der Waals surface area (Å²) in [5, 5.41) is 1.28. The average molecular weight is 385 g/mol. The zero-order chi connectivity index (χ0) is 17.4. The Balaban J connectivity index is 1.72. The van der Waals surface area contributed by atoms with E-state index in [9.17, 15) is 9.59 Å². The van der Waals surface area contributed by atoms with Gasteiger partial charge in [-0.2, -0.15) is 0 Å². The van der Waals surface area contributed by atoms with Crippen molar-refractivity contribution in [3.8, 4) is 0 Å². The number of carbonyl (C=O) groups is 2. The van der Waals surface area contributed by atoms with Gasteiger partial charge in [0.25, 0.3) is 5.91 Å². The highest BCUT2D eigenvalue weighted by molar-refractivity contribution is 7.99. The molecule has 0 aliphatic carbocycles. The maximum Gasteiger partial charge on any atom is 0.275 e. The molecule has 0 saturated carbocycles. The summed E-state index contributed by atoms with van der Waals surface area (Å²) >= 11 is 13.0. The number of imidazole rings is 1. The van der Waals surface area contributed by atoms with E-state index in [0.29, 0.717) is 38.9 Å². The molecule has 0 atom stereocenters. The Labute approximate surface area is 153 Å². The van der Waals surface area contributed by atoms with Crippen molar-refractivity contribution in [2.45, 2.75) is 5.16 Å². The summed E-state index contributed by atoms with van der Waals surface area (Å²) < 4.78 is 0. The second-order valence-corrected chi connectivity index (χ2v) is 7.20. The highest BCUT2D eigenvalue weighted by Gasteiger charge is 2.29. The fourth-order valence-electron chi connectivity index (χ4n) is 2.36. The summed E-state index contributed by atoms with van der Waals surface area (Å²) in [5.74, 6) is 0.573. The van der Waals surface area contributed by atoms with Crippen molar-refractivity contribution in [3.05, 3.63) is 39.5 Å². The molecule has 0 saturated heterocycles. The van der Waals surface area contributed by atoms with Gasteiger partial charge in [-0.15, -0.1) is 0 Å². The lowest BCUT2D eigenvalue weighted by Crippen LogP contribution is -2.42. The number of anilines is 1. The van der Waals surface area contributed by atoms with Crippen LogP contribution in [0.4, 0.5) is 5.82 Å². The minimum atomic E-state index is -0.113. The van der Waals surface area contributed by atoms with Crippen LogP contribution in [0.3, 0.4) is 0 Å². The number of nitrogens with one attached hydrogen (secondary N) is 1. The van der Waals surface area contributed by atoms with E-state index in [1.807, 2.05) is 11.9 Å². The molecule has 1 aromatic carbocycles. The van der Waals surface area contributed by atoms with Crippen LogP contribution in [0.2, 0.25) is 10.0 Å². The van der Waals surface area contributed by atoms with Gasteiger partial charge in [0.15, 0.2) is 16.8 Å². The van der Waals surface area contributed by atoms with Crippen molar-refractivity contribution < 1.29 is 9.59 Å². The molecule has 1 aliphatic heterocycles. The molecule has 1 N–H and O–H groups in total. The second-order valence-electron chi connectivity index (χ2n) is 5.42. The Morgan fingerprint density at radius 1 is 1.29 bits per heavy atom. The molecule has 126 valence electrons. The number of hydrogen-bond donors (Lipinski definition) is 1. The molecule has 6 nitrogen and oxygen atoms in total. The van der Waals surface area contributed by atoms with E-state index in [4.69, 9.17) is 23.2 Å². The zero-order valence-corrected chi connectivity index (χ0v) is 15.3. The van der Waals surface area contributed by atoms with Gasteiger partial charge in [0, 0.05) is 19.7 Å². The Kier molecular flexibility index (Phi) is 4.76. The molecule has 0 spiro atoms. The number of thioether (sulfide) groups is 1. The van der Waals surface area contributed by atoms with Crippen LogP contribution >= 0.6 is 35.0 Å². The minimum absolute atomic E-state index is 0.0928. The molecule has 0 radical (unpaired) electrons. The number of aromatic nitrogens is 2. The van der Waals surface area contributed by atoms with E-state index in [0.717, 1.165) is 0 Å². The van der Waals surface area contributed by atoms with E-state index in [1.54, 1.807) is 30.1 Å². The third kappa shape index (κ3) is 3.24. The molecule has 0 fully saturated rings. The number of rotatable bonds is 4.